The predicted molar refractivity (Wildman–Crippen MR) is 77.8 cm³/mol. The van der Waals surface area contributed by atoms with Gasteiger partial charge in [-0.1, -0.05) is 6.07 Å². The summed E-state index contributed by atoms with van der Waals surface area (Å²) in [5.74, 6) is -0.661. The molecule has 104 valence electrons. The number of nitrogens with one attached hydrogen (secondary N) is 2. The van der Waals surface area contributed by atoms with E-state index in [1.165, 1.54) is 11.3 Å². The molecule has 2 N–H and O–H groups in total. The molecule has 0 atom stereocenters. The number of thiophene rings is 1. The number of carbonyl (C=O) groups is 2. The standard InChI is InChI=1S/C14H14N2O3S/c1-19-11-6-4-10(5-7-11)16-14(18)13(17)15-9-12-3-2-8-20-12/h2-8H,9H2,1H3,(H,15,17)(H,16,18). The summed E-state index contributed by atoms with van der Waals surface area (Å²) in [5, 5.41) is 7.00. The van der Waals surface area contributed by atoms with Crippen LogP contribution in [0, 0.1) is 0 Å². The molecule has 0 radical (unpaired) electrons. The van der Waals surface area contributed by atoms with E-state index in [0.29, 0.717) is 18.0 Å². The highest BCUT2D eigenvalue weighted by Gasteiger charge is 2.13. The van der Waals surface area contributed by atoms with Crippen LogP contribution in [0.1, 0.15) is 4.88 Å². The number of methoxy groups -OCH3 is 1. The van der Waals surface area contributed by atoms with E-state index < -0.39 is 11.8 Å². The zero-order valence-corrected chi connectivity index (χ0v) is 11.7. The SMILES string of the molecule is COc1ccc(NC(=O)C(=O)NCc2cccs2)cc1. The molecule has 0 spiro atoms. The van der Waals surface area contributed by atoms with Gasteiger partial charge in [-0.2, -0.15) is 0 Å². The van der Waals surface area contributed by atoms with Crippen LogP contribution in [0.2, 0.25) is 0 Å². The zero-order valence-electron chi connectivity index (χ0n) is 10.9. The lowest BCUT2D eigenvalue weighted by molar-refractivity contribution is -0.136. The molecule has 2 rings (SSSR count). The Hall–Kier alpha value is -2.34. The monoisotopic (exact) mass is 290 g/mol. The van der Waals surface area contributed by atoms with Gasteiger partial charge >= 0.3 is 11.8 Å². The van der Waals surface area contributed by atoms with Crippen LogP contribution in [0.4, 0.5) is 5.69 Å². The Labute approximate surface area is 120 Å². The lowest BCUT2D eigenvalue weighted by Crippen LogP contribution is -2.34. The molecule has 1 heterocycles. The largest absolute Gasteiger partial charge is 0.497 e. The molecule has 2 aromatic rings. The Morgan fingerprint density at radius 3 is 2.50 bits per heavy atom. The average molecular weight is 290 g/mol. The lowest BCUT2D eigenvalue weighted by atomic mass is 10.3. The van der Waals surface area contributed by atoms with Gasteiger partial charge < -0.3 is 15.4 Å². The molecule has 1 aromatic heterocycles. The van der Waals surface area contributed by atoms with Crippen molar-refractivity contribution < 1.29 is 14.3 Å². The van der Waals surface area contributed by atoms with Crippen LogP contribution >= 0.6 is 11.3 Å². The van der Waals surface area contributed by atoms with E-state index in [1.807, 2.05) is 17.5 Å². The van der Waals surface area contributed by atoms with Crippen LogP contribution in [-0.2, 0) is 16.1 Å². The van der Waals surface area contributed by atoms with Gasteiger partial charge in [0.1, 0.15) is 5.75 Å². The minimum absolute atomic E-state index is 0.354. The second kappa shape index (κ2) is 6.72. The molecule has 0 bridgehead atoms. The zero-order chi connectivity index (χ0) is 14.4. The number of benzene rings is 1. The molecule has 0 saturated carbocycles. The third-order valence-electron chi connectivity index (χ3n) is 2.56. The first-order chi connectivity index (χ1) is 9.69. The summed E-state index contributed by atoms with van der Waals surface area (Å²) >= 11 is 1.52. The highest BCUT2D eigenvalue weighted by Crippen LogP contribution is 2.14. The summed E-state index contributed by atoms with van der Waals surface area (Å²) in [6, 6.07) is 10.5. The van der Waals surface area contributed by atoms with Crippen molar-refractivity contribution >= 4 is 28.8 Å². The summed E-state index contributed by atoms with van der Waals surface area (Å²) in [6.07, 6.45) is 0. The first-order valence-electron chi connectivity index (χ1n) is 5.94. The topological polar surface area (TPSA) is 67.4 Å². The van der Waals surface area contributed by atoms with Gasteiger partial charge in [0.05, 0.1) is 13.7 Å². The van der Waals surface area contributed by atoms with Crippen molar-refractivity contribution in [2.24, 2.45) is 0 Å². The van der Waals surface area contributed by atoms with Gasteiger partial charge in [-0.3, -0.25) is 9.59 Å². The average Bonchev–Trinajstić information content (AvgIpc) is 2.98. The summed E-state index contributed by atoms with van der Waals surface area (Å²) in [7, 11) is 1.56. The van der Waals surface area contributed by atoms with E-state index >= 15 is 0 Å². The first-order valence-corrected chi connectivity index (χ1v) is 6.82. The molecule has 0 unspecified atom stereocenters. The second-order valence-electron chi connectivity index (χ2n) is 3.94. The third-order valence-corrected chi connectivity index (χ3v) is 3.43. The maximum Gasteiger partial charge on any atom is 0.313 e. The second-order valence-corrected chi connectivity index (χ2v) is 4.98. The van der Waals surface area contributed by atoms with Crippen LogP contribution in [0.3, 0.4) is 0 Å². The molecular formula is C14H14N2O3S. The Bertz CT molecular complexity index is 579. The quantitative estimate of drug-likeness (QED) is 0.846. The van der Waals surface area contributed by atoms with E-state index in [2.05, 4.69) is 10.6 Å². The van der Waals surface area contributed by atoms with Crippen molar-refractivity contribution in [3.8, 4) is 5.75 Å². The van der Waals surface area contributed by atoms with Crippen LogP contribution in [0.25, 0.3) is 0 Å². The van der Waals surface area contributed by atoms with E-state index in [0.717, 1.165) is 4.88 Å². The molecule has 1 aromatic carbocycles. The van der Waals surface area contributed by atoms with Crippen LogP contribution in [0.15, 0.2) is 41.8 Å². The van der Waals surface area contributed by atoms with Crippen LogP contribution in [0.5, 0.6) is 5.75 Å². The van der Waals surface area contributed by atoms with Gasteiger partial charge in [-0.25, -0.2) is 0 Å². The van der Waals surface area contributed by atoms with Crippen LogP contribution in [-0.4, -0.2) is 18.9 Å². The fourth-order valence-corrected chi connectivity index (χ4v) is 2.17. The molecular weight excluding hydrogens is 276 g/mol. The molecule has 0 saturated heterocycles. The Balaban J connectivity index is 1.85. The third kappa shape index (κ3) is 3.83. The lowest BCUT2D eigenvalue weighted by Gasteiger charge is -2.06. The van der Waals surface area contributed by atoms with Gasteiger partial charge in [0, 0.05) is 10.6 Å². The van der Waals surface area contributed by atoms with Gasteiger partial charge in [0.2, 0.25) is 0 Å². The first kappa shape index (κ1) is 14.1. The predicted octanol–water partition coefficient (Wildman–Crippen LogP) is 2.01. The van der Waals surface area contributed by atoms with E-state index in [9.17, 15) is 9.59 Å². The van der Waals surface area contributed by atoms with Crippen LogP contribution < -0.4 is 15.4 Å². The smallest absolute Gasteiger partial charge is 0.313 e. The van der Waals surface area contributed by atoms with Crippen molar-refractivity contribution in [1.29, 1.82) is 0 Å². The number of rotatable bonds is 4. The van der Waals surface area contributed by atoms with Gasteiger partial charge in [0.15, 0.2) is 0 Å². The maximum absolute atomic E-state index is 11.7. The minimum atomic E-state index is -0.688. The van der Waals surface area contributed by atoms with Gasteiger partial charge in [-0.15, -0.1) is 11.3 Å². The Morgan fingerprint density at radius 2 is 1.90 bits per heavy atom. The number of carbonyl (C=O) groups excluding carboxylic acids is 2. The molecule has 0 aliphatic carbocycles. The fraction of sp³-hybridized carbons (Fsp3) is 0.143. The molecule has 20 heavy (non-hydrogen) atoms. The van der Waals surface area contributed by atoms with Crippen molar-refractivity contribution in [2.75, 3.05) is 12.4 Å². The number of ether oxygens (including phenoxy) is 1. The van der Waals surface area contributed by atoms with Crippen molar-refractivity contribution in [3.05, 3.63) is 46.7 Å². The molecule has 0 aliphatic rings. The normalized spacial score (nSPS) is 9.85. The highest BCUT2D eigenvalue weighted by atomic mass is 32.1. The molecule has 5 nitrogen and oxygen atoms in total. The summed E-state index contributed by atoms with van der Waals surface area (Å²) < 4.78 is 5.01. The maximum atomic E-state index is 11.7. The summed E-state index contributed by atoms with van der Waals surface area (Å²) in [4.78, 5) is 24.3. The van der Waals surface area contributed by atoms with Crippen molar-refractivity contribution in [3.63, 3.8) is 0 Å². The molecule has 0 fully saturated rings. The van der Waals surface area contributed by atoms with Crippen molar-refractivity contribution in [1.82, 2.24) is 5.32 Å². The summed E-state index contributed by atoms with van der Waals surface area (Å²) in [5.41, 5.74) is 0.544. The number of hydrogen-bond donors (Lipinski definition) is 2. The Morgan fingerprint density at radius 1 is 1.15 bits per heavy atom. The number of amides is 2. The number of hydrogen-bond acceptors (Lipinski definition) is 4. The van der Waals surface area contributed by atoms with Gasteiger partial charge in [-0.05, 0) is 35.7 Å². The molecule has 0 aliphatic heterocycles. The summed E-state index contributed by atoms with van der Waals surface area (Å²) in [6.45, 7) is 0.354. The van der Waals surface area contributed by atoms with Gasteiger partial charge in [0.25, 0.3) is 0 Å². The fourth-order valence-electron chi connectivity index (χ4n) is 1.52. The number of anilines is 1. The highest BCUT2D eigenvalue weighted by molar-refractivity contribution is 7.09. The van der Waals surface area contributed by atoms with E-state index in [-0.39, 0.29) is 0 Å². The van der Waals surface area contributed by atoms with E-state index in [4.69, 9.17) is 4.74 Å². The minimum Gasteiger partial charge on any atom is -0.497 e. The van der Waals surface area contributed by atoms with Crippen molar-refractivity contribution in [2.45, 2.75) is 6.54 Å². The molecule has 6 heteroatoms. The Kier molecular flexibility index (Phi) is 4.73. The molecule has 2 amide bonds. The van der Waals surface area contributed by atoms with E-state index in [1.54, 1.807) is 31.4 Å².